The van der Waals surface area contributed by atoms with Crippen LogP contribution in [-0.4, -0.2) is 47.7 Å². The minimum absolute atomic E-state index is 0.0150. The van der Waals surface area contributed by atoms with E-state index in [1.54, 1.807) is 12.0 Å². The molecule has 0 radical (unpaired) electrons. The van der Waals surface area contributed by atoms with Crippen LogP contribution in [0.25, 0.3) is 0 Å². The number of hydrogen-bond acceptors (Lipinski definition) is 3. The Hall–Kier alpha value is -1.10. The second-order valence-electron chi connectivity index (χ2n) is 5.60. The number of nitrogens with zero attached hydrogens (tertiary/aromatic N) is 1. The molecule has 5 nitrogen and oxygen atoms in total. The van der Waals surface area contributed by atoms with E-state index in [4.69, 9.17) is 4.74 Å². The molecule has 1 aliphatic carbocycles. The maximum atomic E-state index is 12.3. The van der Waals surface area contributed by atoms with Crippen LogP contribution in [0.5, 0.6) is 0 Å². The van der Waals surface area contributed by atoms with Gasteiger partial charge in [-0.25, -0.2) is 4.79 Å². The van der Waals surface area contributed by atoms with E-state index >= 15 is 0 Å². The number of fused-ring (bicyclic) bond motifs is 1. The van der Waals surface area contributed by atoms with Crippen LogP contribution in [0.4, 0.5) is 0 Å². The van der Waals surface area contributed by atoms with E-state index in [0.717, 1.165) is 19.3 Å². The summed E-state index contributed by atoms with van der Waals surface area (Å²) in [6, 6.07) is -0.451. The summed E-state index contributed by atoms with van der Waals surface area (Å²) in [6.07, 6.45) is 5.99. The van der Waals surface area contributed by atoms with Crippen molar-refractivity contribution in [2.75, 3.05) is 13.7 Å². The second-order valence-corrected chi connectivity index (χ2v) is 5.60. The molecule has 1 saturated heterocycles. The number of hydrogen-bond donors (Lipinski definition) is 1. The number of amides is 1. The lowest BCUT2D eigenvalue weighted by Crippen LogP contribution is -2.46. The molecule has 0 aromatic carbocycles. The summed E-state index contributed by atoms with van der Waals surface area (Å²) in [6.45, 7) is 0.547. The number of rotatable bonds is 5. The number of carboxylic acid groups (broad SMARTS) is 1. The van der Waals surface area contributed by atoms with Crippen molar-refractivity contribution in [3.63, 3.8) is 0 Å². The van der Waals surface area contributed by atoms with Gasteiger partial charge in [-0.15, -0.1) is 0 Å². The van der Waals surface area contributed by atoms with Crippen LogP contribution in [0, 0.1) is 5.92 Å². The summed E-state index contributed by atoms with van der Waals surface area (Å²) in [4.78, 5) is 25.3. The van der Waals surface area contributed by atoms with Crippen molar-refractivity contribution >= 4 is 11.9 Å². The second kappa shape index (κ2) is 6.37. The van der Waals surface area contributed by atoms with E-state index in [1.807, 2.05) is 0 Å². The maximum absolute atomic E-state index is 12.3. The summed E-state index contributed by atoms with van der Waals surface area (Å²) < 4.78 is 4.95. The number of likely N-dealkylation sites (tertiary alicyclic amines) is 1. The lowest BCUT2D eigenvalue weighted by Gasteiger charge is -2.33. The zero-order valence-electron chi connectivity index (χ0n) is 11.5. The van der Waals surface area contributed by atoms with Gasteiger partial charge in [0.2, 0.25) is 5.91 Å². The number of ether oxygens (including phenoxy) is 1. The van der Waals surface area contributed by atoms with E-state index in [9.17, 15) is 14.7 Å². The molecule has 2 aliphatic rings. The normalized spacial score (nSPS) is 30.2. The molecule has 1 N–H and O–H groups in total. The first kappa shape index (κ1) is 14.3. The average Bonchev–Trinajstić information content (AvgIpc) is 2.78. The van der Waals surface area contributed by atoms with Crippen molar-refractivity contribution < 1.29 is 19.4 Å². The van der Waals surface area contributed by atoms with Crippen molar-refractivity contribution in [2.24, 2.45) is 5.92 Å². The predicted octanol–water partition coefficient (Wildman–Crippen LogP) is 1.66. The van der Waals surface area contributed by atoms with Gasteiger partial charge in [-0.05, 0) is 31.6 Å². The molecule has 1 aliphatic heterocycles. The average molecular weight is 269 g/mol. The fraction of sp³-hybridized carbons (Fsp3) is 0.857. The lowest BCUT2D eigenvalue weighted by molar-refractivity contribution is -0.150. The number of carbonyl (C=O) groups is 2. The van der Waals surface area contributed by atoms with Crippen molar-refractivity contribution in [3.8, 4) is 0 Å². The zero-order chi connectivity index (χ0) is 13.8. The quantitative estimate of drug-likeness (QED) is 0.771. The van der Waals surface area contributed by atoms with Gasteiger partial charge in [0.05, 0.1) is 0 Å². The van der Waals surface area contributed by atoms with Crippen molar-refractivity contribution in [1.29, 1.82) is 0 Å². The Morgan fingerprint density at radius 3 is 2.74 bits per heavy atom. The standard InChI is InChI=1S/C14H23NO4/c1-19-8-4-7-13(16)15-11-6-3-2-5-10(11)9-12(15)14(17)18/h10-12H,2-9H2,1H3,(H,17,18). The van der Waals surface area contributed by atoms with Gasteiger partial charge in [-0.2, -0.15) is 0 Å². The monoisotopic (exact) mass is 269 g/mol. The Morgan fingerprint density at radius 2 is 2.05 bits per heavy atom. The minimum Gasteiger partial charge on any atom is -0.480 e. The van der Waals surface area contributed by atoms with Crippen LogP contribution >= 0.6 is 0 Å². The highest BCUT2D eigenvalue weighted by Gasteiger charge is 2.47. The Labute approximate surface area is 113 Å². The Kier molecular flexibility index (Phi) is 4.80. The van der Waals surface area contributed by atoms with Crippen LogP contribution in [0.3, 0.4) is 0 Å². The van der Waals surface area contributed by atoms with Crippen LogP contribution in [0.2, 0.25) is 0 Å². The van der Waals surface area contributed by atoms with Gasteiger partial charge in [0.15, 0.2) is 0 Å². The molecule has 2 rings (SSSR count). The Bertz CT molecular complexity index is 344. The van der Waals surface area contributed by atoms with E-state index < -0.39 is 12.0 Å². The van der Waals surface area contributed by atoms with Gasteiger partial charge in [0.1, 0.15) is 6.04 Å². The van der Waals surface area contributed by atoms with Gasteiger partial charge in [0, 0.05) is 26.2 Å². The third kappa shape index (κ3) is 3.08. The first-order valence-corrected chi connectivity index (χ1v) is 7.18. The molecule has 2 fully saturated rings. The van der Waals surface area contributed by atoms with Crippen LogP contribution in [0.1, 0.15) is 44.9 Å². The van der Waals surface area contributed by atoms with Gasteiger partial charge in [-0.3, -0.25) is 4.79 Å². The van der Waals surface area contributed by atoms with Crippen molar-refractivity contribution in [2.45, 2.75) is 57.0 Å². The van der Waals surface area contributed by atoms with Crippen LogP contribution < -0.4 is 0 Å². The summed E-state index contributed by atoms with van der Waals surface area (Å²) in [7, 11) is 1.61. The van der Waals surface area contributed by atoms with Gasteiger partial charge >= 0.3 is 5.97 Å². The topological polar surface area (TPSA) is 66.8 Å². The molecule has 1 amide bonds. The molecular formula is C14H23NO4. The van der Waals surface area contributed by atoms with E-state index in [-0.39, 0.29) is 11.9 Å². The van der Waals surface area contributed by atoms with E-state index in [1.165, 1.54) is 6.42 Å². The smallest absolute Gasteiger partial charge is 0.326 e. The molecule has 108 valence electrons. The van der Waals surface area contributed by atoms with Gasteiger partial charge < -0.3 is 14.7 Å². The number of aliphatic carboxylic acids is 1. The molecule has 3 unspecified atom stereocenters. The highest BCUT2D eigenvalue weighted by molar-refractivity contribution is 5.84. The van der Waals surface area contributed by atoms with Gasteiger partial charge in [0.25, 0.3) is 0 Å². The fourth-order valence-corrected chi connectivity index (χ4v) is 3.54. The molecule has 19 heavy (non-hydrogen) atoms. The van der Waals surface area contributed by atoms with Crippen molar-refractivity contribution in [1.82, 2.24) is 4.90 Å². The zero-order valence-corrected chi connectivity index (χ0v) is 11.5. The highest BCUT2D eigenvalue weighted by atomic mass is 16.5. The van der Waals surface area contributed by atoms with Crippen LogP contribution in [-0.2, 0) is 14.3 Å². The number of carboxylic acids is 1. The molecule has 3 atom stereocenters. The van der Waals surface area contributed by atoms with Gasteiger partial charge in [-0.1, -0.05) is 12.8 Å². The third-order valence-electron chi connectivity index (χ3n) is 4.40. The summed E-state index contributed by atoms with van der Waals surface area (Å²) in [5, 5.41) is 9.33. The molecule has 0 bridgehead atoms. The Morgan fingerprint density at radius 1 is 1.32 bits per heavy atom. The number of methoxy groups -OCH3 is 1. The predicted molar refractivity (Wildman–Crippen MR) is 69.7 cm³/mol. The molecule has 0 aromatic heterocycles. The van der Waals surface area contributed by atoms with Crippen LogP contribution in [0.15, 0.2) is 0 Å². The lowest BCUT2D eigenvalue weighted by atomic mass is 9.84. The molecule has 1 heterocycles. The molecule has 5 heteroatoms. The molecule has 1 saturated carbocycles. The Balaban J connectivity index is 2.04. The number of carbonyl (C=O) groups excluding carboxylic acids is 1. The largest absolute Gasteiger partial charge is 0.480 e. The molecular weight excluding hydrogens is 246 g/mol. The van der Waals surface area contributed by atoms with Crippen molar-refractivity contribution in [3.05, 3.63) is 0 Å². The maximum Gasteiger partial charge on any atom is 0.326 e. The first-order valence-electron chi connectivity index (χ1n) is 7.18. The minimum atomic E-state index is -0.852. The SMILES string of the molecule is COCCCC(=O)N1C(C(=O)O)CC2CCCCC21. The first-order chi connectivity index (χ1) is 9.15. The fourth-order valence-electron chi connectivity index (χ4n) is 3.54. The summed E-state index contributed by atoms with van der Waals surface area (Å²) in [5.74, 6) is -0.477. The summed E-state index contributed by atoms with van der Waals surface area (Å²) in [5.41, 5.74) is 0. The third-order valence-corrected chi connectivity index (χ3v) is 4.40. The van der Waals surface area contributed by atoms with E-state index in [0.29, 0.717) is 31.8 Å². The summed E-state index contributed by atoms with van der Waals surface area (Å²) >= 11 is 0. The molecule has 0 aromatic rings. The highest BCUT2D eigenvalue weighted by Crippen LogP contribution is 2.40. The van der Waals surface area contributed by atoms with E-state index in [2.05, 4.69) is 0 Å². The molecule has 0 spiro atoms.